The number of nitrogens with zero attached hydrogens (tertiary/aromatic N) is 1. The minimum Gasteiger partial charge on any atom is -0.367 e. The third kappa shape index (κ3) is 4.04. The van der Waals surface area contributed by atoms with Crippen LogP contribution in [-0.4, -0.2) is 43.2 Å². The number of hydrogen-bond donors (Lipinski definition) is 1. The molecule has 0 aromatic heterocycles. The van der Waals surface area contributed by atoms with Crippen molar-refractivity contribution in [1.82, 2.24) is 4.90 Å². The SMILES string of the molecule is NCCCC1OCCN(CCc2ccccc2)C1=O. The van der Waals surface area contributed by atoms with Crippen molar-refractivity contribution in [2.24, 2.45) is 5.73 Å². The van der Waals surface area contributed by atoms with Crippen molar-refractivity contribution in [3.63, 3.8) is 0 Å². The molecule has 1 unspecified atom stereocenters. The summed E-state index contributed by atoms with van der Waals surface area (Å²) in [6.07, 6.45) is 2.18. The molecule has 0 aliphatic carbocycles. The van der Waals surface area contributed by atoms with Gasteiger partial charge >= 0.3 is 0 Å². The molecule has 1 aromatic rings. The minimum atomic E-state index is -0.284. The van der Waals surface area contributed by atoms with Crippen LogP contribution < -0.4 is 5.73 Å². The average Bonchev–Trinajstić information content (AvgIpc) is 2.46. The van der Waals surface area contributed by atoms with Crippen molar-refractivity contribution in [3.05, 3.63) is 35.9 Å². The largest absolute Gasteiger partial charge is 0.367 e. The summed E-state index contributed by atoms with van der Waals surface area (Å²) in [5, 5.41) is 0. The zero-order valence-electron chi connectivity index (χ0n) is 11.3. The zero-order valence-corrected chi connectivity index (χ0v) is 11.3. The van der Waals surface area contributed by atoms with E-state index in [4.69, 9.17) is 10.5 Å². The molecule has 0 saturated carbocycles. The number of hydrogen-bond acceptors (Lipinski definition) is 3. The van der Waals surface area contributed by atoms with Gasteiger partial charge in [0.2, 0.25) is 0 Å². The van der Waals surface area contributed by atoms with Crippen molar-refractivity contribution in [1.29, 1.82) is 0 Å². The Balaban J connectivity index is 1.84. The quantitative estimate of drug-likeness (QED) is 0.838. The van der Waals surface area contributed by atoms with Crippen LogP contribution in [0.2, 0.25) is 0 Å². The summed E-state index contributed by atoms with van der Waals surface area (Å²) in [5.74, 6) is 0.121. The lowest BCUT2D eigenvalue weighted by Gasteiger charge is -2.32. The van der Waals surface area contributed by atoms with Crippen molar-refractivity contribution in [2.45, 2.75) is 25.4 Å². The predicted octanol–water partition coefficient (Wildman–Crippen LogP) is 1.20. The van der Waals surface area contributed by atoms with E-state index in [0.29, 0.717) is 19.7 Å². The molecular formula is C15H22N2O2. The van der Waals surface area contributed by atoms with Crippen LogP contribution in [0.3, 0.4) is 0 Å². The first-order valence-electron chi connectivity index (χ1n) is 6.95. The lowest BCUT2D eigenvalue weighted by molar-refractivity contribution is -0.153. The number of carbonyl (C=O) groups is 1. The summed E-state index contributed by atoms with van der Waals surface area (Å²) in [7, 11) is 0. The summed E-state index contributed by atoms with van der Waals surface area (Å²) in [4.78, 5) is 14.1. The summed E-state index contributed by atoms with van der Waals surface area (Å²) in [6, 6.07) is 10.3. The highest BCUT2D eigenvalue weighted by atomic mass is 16.5. The van der Waals surface area contributed by atoms with E-state index in [9.17, 15) is 4.79 Å². The fourth-order valence-corrected chi connectivity index (χ4v) is 2.33. The van der Waals surface area contributed by atoms with Gasteiger partial charge in [0.05, 0.1) is 6.61 Å². The molecule has 1 fully saturated rings. The molecule has 0 spiro atoms. The molecule has 4 nitrogen and oxygen atoms in total. The second-order valence-corrected chi connectivity index (χ2v) is 4.85. The van der Waals surface area contributed by atoms with Gasteiger partial charge in [0, 0.05) is 13.1 Å². The molecule has 19 heavy (non-hydrogen) atoms. The van der Waals surface area contributed by atoms with Crippen LogP contribution in [0.15, 0.2) is 30.3 Å². The lowest BCUT2D eigenvalue weighted by atomic mass is 10.1. The number of carbonyl (C=O) groups excluding carboxylic acids is 1. The monoisotopic (exact) mass is 262 g/mol. The fraction of sp³-hybridized carbons (Fsp3) is 0.533. The number of ether oxygens (including phenoxy) is 1. The first kappa shape index (κ1) is 14.0. The van der Waals surface area contributed by atoms with E-state index in [-0.39, 0.29) is 12.0 Å². The molecule has 104 valence electrons. The number of benzene rings is 1. The van der Waals surface area contributed by atoms with Crippen LogP contribution >= 0.6 is 0 Å². The van der Waals surface area contributed by atoms with Crippen molar-refractivity contribution < 1.29 is 9.53 Å². The molecule has 2 N–H and O–H groups in total. The molecule has 0 radical (unpaired) electrons. The normalized spacial score (nSPS) is 19.7. The van der Waals surface area contributed by atoms with E-state index in [2.05, 4.69) is 12.1 Å². The Hall–Kier alpha value is -1.39. The van der Waals surface area contributed by atoms with E-state index in [0.717, 1.165) is 25.8 Å². The topological polar surface area (TPSA) is 55.6 Å². The van der Waals surface area contributed by atoms with Gasteiger partial charge in [0.25, 0.3) is 5.91 Å². The van der Waals surface area contributed by atoms with E-state index in [1.807, 2.05) is 23.1 Å². The molecule has 4 heteroatoms. The second-order valence-electron chi connectivity index (χ2n) is 4.85. The molecule has 1 heterocycles. The summed E-state index contributed by atoms with van der Waals surface area (Å²) < 4.78 is 5.53. The molecular weight excluding hydrogens is 240 g/mol. The summed E-state index contributed by atoms with van der Waals surface area (Å²) in [6.45, 7) is 2.71. The smallest absolute Gasteiger partial charge is 0.251 e. The highest BCUT2D eigenvalue weighted by Gasteiger charge is 2.28. The fourth-order valence-electron chi connectivity index (χ4n) is 2.33. The predicted molar refractivity (Wildman–Crippen MR) is 74.8 cm³/mol. The average molecular weight is 262 g/mol. The Bertz CT molecular complexity index is 394. The van der Waals surface area contributed by atoms with Crippen LogP contribution in [0.5, 0.6) is 0 Å². The van der Waals surface area contributed by atoms with Gasteiger partial charge in [-0.3, -0.25) is 4.79 Å². The van der Waals surface area contributed by atoms with E-state index >= 15 is 0 Å². The molecule has 1 aromatic carbocycles. The highest BCUT2D eigenvalue weighted by molar-refractivity contribution is 5.81. The van der Waals surface area contributed by atoms with Gasteiger partial charge in [-0.1, -0.05) is 30.3 Å². The zero-order chi connectivity index (χ0) is 13.5. The van der Waals surface area contributed by atoms with E-state index in [1.165, 1.54) is 5.56 Å². The Kier molecular flexibility index (Phi) is 5.36. The Labute approximate surface area is 114 Å². The van der Waals surface area contributed by atoms with Crippen LogP contribution in [0.25, 0.3) is 0 Å². The van der Waals surface area contributed by atoms with Crippen LogP contribution in [0.4, 0.5) is 0 Å². The number of amides is 1. The molecule has 1 aliphatic rings. The molecule has 1 aliphatic heterocycles. The number of rotatable bonds is 6. The lowest BCUT2D eigenvalue weighted by Crippen LogP contribution is -2.48. The van der Waals surface area contributed by atoms with Crippen molar-refractivity contribution in [2.75, 3.05) is 26.2 Å². The van der Waals surface area contributed by atoms with Gasteiger partial charge in [-0.25, -0.2) is 0 Å². The maximum absolute atomic E-state index is 12.2. The number of nitrogens with two attached hydrogens (primary N) is 1. The molecule has 1 amide bonds. The van der Waals surface area contributed by atoms with Gasteiger partial charge in [-0.15, -0.1) is 0 Å². The van der Waals surface area contributed by atoms with Crippen molar-refractivity contribution >= 4 is 5.91 Å². The van der Waals surface area contributed by atoms with Gasteiger partial charge in [0.15, 0.2) is 0 Å². The van der Waals surface area contributed by atoms with E-state index < -0.39 is 0 Å². The highest BCUT2D eigenvalue weighted by Crippen LogP contribution is 2.13. The Morgan fingerprint density at radius 3 is 2.84 bits per heavy atom. The third-order valence-corrected chi connectivity index (χ3v) is 3.45. The maximum Gasteiger partial charge on any atom is 0.251 e. The minimum absolute atomic E-state index is 0.121. The summed E-state index contributed by atoms with van der Waals surface area (Å²) in [5.41, 5.74) is 6.74. The van der Waals surface area contributed by atoms with Crippen LogP contribution in [-0.2, 0) is 16.0 Å². The molecule has 1 atom stereocenters. The van der Waals surface area contributed by atoms with Gasteiger partial charge < -0.3 is 15.4 Å². The second kappa shape index (κ2) is 7.26. The van der Waals surface area contributed by atoms with Crippen LogP contribution in [0.1, 0.15) is 18.4 Å². The van der Waals surface area contributed by atoms with Crippen LogP contribution in [0, 0.1) is 0 Å². The van der Waals surface area contributed by atoms with Gasteiger partial charge in [-0.2, -0.15) is 0 Å². The van der Waals surface area contributed by atoms with Crippen molar-refractivity contribution in [3.8, 4) is 0 Å². The van der Waals surface area contributed by atoms with E-state index in [1.54, 1.807) is 0 Å². The van der Waals surface area contributed by atoms with Gasteiger partial charge in [-0.05, 0) is 31.4 Å². The first-order chi connectivity index (χ1) is 9.31. The third-order valence-electron chi connectivity index (χ3n) is 3.45. The number of morpholine rings is 1. The van der Waals surface area contributed by atoms with Gasteiger partial charge in [0.1, 0.15) is 6.10 Å². The summed E-state index contributed by atoms with van der Waals surface area (Å²) >= 11 is 0. The molecule has 2 rings (SSSR count). The first-order valence-corrected chi connectivity index (χ1v) is 6.95. The molecule has 0 bridgehead atoms. The standard InChI is InChI=1S/C15H22N2O2/c16-9-4-7-14-15(18)17(11-12-19-14)10-8-13-5-2-1-3-6-13/h1-3,5-6,14H,4,7-12,16H2. The maximum atomic E-state index is 12.2. The molecule has 1 saturated heterocycles. The Morgan fingerprint density at radius 1 is 1.32 bits per heavy atom. The Morgan fingerprint density at radius 2 is 2.11 bits per heavy atom.